The largest absolute Gasteiger partial charge is 0.342 e. The Bertz CT molecular complexity index is 406. The summed E-state index contributed by atoms with van der Waals surface area (Å²) in [6.07, 6.45) is 2.62. The summed E-state index contributed by atoms with van der Waals surface area (Å²) in [5.41, 5.74) is 2.65. The van der Waals surface area contributed by atoms with Gasteiger partial charge in [0, 0.05) is 31.6 Å². The molecular weight excluding hydrogens is 224 g/mol. The number of carbonyl (C=O) groups is 1. The molecule has 86 valence electrons. The number of aryl methyl sites for hydroxylation is 2. The van der Waals surface area contributed by atoms with Gasteiger partial charge in [0.1, 0.15) is 0 Å². The normalized spacial score (nSPS) is 15.9. The van der Waals surface area contributed by atoms with Crippen LogP contribution in [0.15, 0.2) is 12.1 Å². The van der Waals surface area contributed by atoms with Gasteiger partial charge < -0.3 is 4.90 Å². The van der Waals surface area contributed by atoms with Crippen molar-refractivity contribution in [2.24, 2.45) is 0 Å². The molecule has 0 fully saturated rings. The summed E-state index contributed by atoms with van der Waals surface area (Å²) in [5, 5.41) is 0. The molecule has 4 heteroatoms. The summed E-state index contributed by atoms with van der Waals surface area (Å²) in [6.45, 7) is 0.806. The molecule has 1 aliphatic rings. The molecule has 3 nitrogen and oxygen atoms in total. The summed E-state index contributed by atoms with van der Waals surface area (Å²) in [5.74, 6) is 0.650. The quantitative estimate of drug-likeness (QED) is 0.738. The summed E-state index contributed by atoms with van der Waals surface area (Å²) < 4.78 is 0. The third-order valence-electron chi connectivity index (χ3n) is 2.87. The lowest BCUT2D eigenvalue weighted by atomic mass is 10.1. The van der Waals surface area contributed by atoms with E-state index in [1.807, 2.05) is 19.2 Å². The van der Waals surface area contributed by atoms with Crippen molar-refractivity contribution >= 4 is 17.5 Å². The fourth-order valence-corrected chi connectivity index (χ4v) is 2.15. The molecule has 0 saturated heterocycles. The molecule has 2 heterocycles. The van der Waals surface area contributed by atoms with Crippen LogP contribution in [0.5, 0.6) is 0 Å². The second kappa shape index (κ2) is 4.83. The average molecular weight is 239 g/mol. The number of aromatic nitrogens is 1. The van der Waals surface area contributed by atoms with Crippen LogP contribution in [-0.4, -0.2) is 35.3 Å². The van der Waals surface area contributed by atoms with Crippen molar-refractivity contribution in [1.29, 1.82) is 0 Å². The maximum atomic E-state index is 12.0. The van der Waals surface area contributed by atoms with Crippen LogP contribution >= 0.6 is 11.6 Å². The molecule has 0 aromatic carbocycles. The van der Waals surface area contributed by atoms with Crippen molar-refractivity contribution in [1.82, 2.24) is 9.88 Å². The first-order valence-corrected chi connectivity index (χ1v) is 6.06. The van der Waals surface area contributed by atoms with E-state index in [9.17, 15) is 4.79 Å². The minimum absolute atomic E-state index is 0.0809. The molecule has 16 heavy (non-hydrogen) atoms. The molecule has 0 unspecified atom stereocenters. The molecule has 0 saturated carbocycles. The number of hydrogen-bond donors (Lipinski definition) is 0. The van der Waals surface area contributed by atoms with E-state index in [4.69, 9.17) is 11.6 Å². The molecular formula is C12H15ClN2O. The van der Waals surface area contributed by atoms with E-state index in [2.05, 4.69) is 4.98 Å². The Kier molecular flexibility index (Phi) is 3.44. The Morgan fingerprint density at radius 1 is 1.50 bits per heavy atom. The van der Waals surface area contributed by atoms with Crippen LogP contribution in [-0.2, 0) is 12.8 Å². The van der Waals surface area contributed by atoms with Gasteiger partial charge in [-0.15, -0.1) is 11.6 Å². The maximum Gasteiger partial charge on any atom is 0.255 e. The first-order valence-electron chi connectivity index (χ1n) is 5.52. The van der Waals surface area contributed by atoms with Gasteiger partial charge in [0.2, 0.25) is 0 Å². The number of halogens is 1. The zero-order chi connectivity index (χ0) is 11.5. The van der Waals surface area contributed by atoms with Gasteiger partial charge in [-0.1, -0.05) is 0 Å². The summed E-state index contributed by atoms with van der Waals surface area (Å²) in [6, 6.07) is 3.78. The number of carbonyl (C=O) groups excluding carboxylic acids is 1. The summed E-state index contributed by atoms with van der Waals surface area (Å²) >= 11 is 5.69. The smallest absolute Gasteiger partial charge is 0.255 e. The van der Waals surface area contributed by atoms with E-state index >= 15 is 0 Å². The Morgan fingerprint density at radius 3 is 3.06 bits per heavy atom. The monoisotopic (exact) mass is 238 g/mol. The highest BCUT2D eigenvalue weighted by molar-refractivity contribution is 6.17. The van der Waals surface area contributed by atoms with Gasteiger partial charge in [0.25, 0.3) is 5.91 Å². The molecule has 0 spiro atoms. The number of nitrogens with zero attached hydrogens (tertiary/aromatic N) is 2. The van der Waals surface area contributed by atoms with Crippen LogP contribution in [0.1, 0.15) is 28.2 Å². The molecule has 1 aliphatic heterocycles. The van der Waals surface area contributed by atoms with Crippen molar-refractivity contribution in [3.63, 3.8) is 0 Å². The fraction of sp³-hybridized carbons (Fsp3) is 0.500. The van der Waals surface area contributed by atoms with E-state index < -0.39 is 0 Å². The van der Waals surface area contributed by atoms with Crippen molar-refractivity contribution in [3.05, 3.63) is 29.1 Å². The average Bonchev–Trinajstić information content (AvgIpc) is 2.41. The highest BCUT2D eigenvalue weighted by Gasteiger charge is 2.20. The van der Waals surface area contributed by atoms with E-state index in [0.717, 1.165) is 42.8 Å². The van der Waals surface area contributed by atoms with Gasteiger partial charge in [-0.3, -0.25) is 9.78 Å². The number of rotatable bonds is 2. The van der Waals surface area contributed by atoms with E-state index in [0.29, 0.717) is 5.88 Å². The zero-order valence-electron chi connectivity index (χ0n) is 9.37. The van der Waals surface area contributed by atoms with Crippen LogP contribution in [0.25, 0.3) is 0 Å². The number of fused-ring (bicyclic) bond motifs is 1. The van der Waals surface area contributed by atoms with Crippen LogP contribution in [0.3, 0.4) is 0 Å². The molecule has 0 bridgehead atoms. The molecule has 0 atom stereocenters. The Labute approximate surface area is 100 Å². The maximum absolute atomic E-state index is 12.0. The van der Waals surface area contributed by atoms with Crippen LogP contribution < -0.4 is 0 Å². The van der Waals surface area contributed by atoms with Crippen molar-refractivity contribution in [3.8, 4) is 0 Å². The Hall–Kier alpha value is -1.09. The van der Waals surface area contributed by atoms with Crippen LogP contribution in [0.4, 0.5) is 0 Å². The highest BCUT2D eigenvalue weighted by Crippen LogP contribution is 2.17. The third kappa shape index (κ3) is 2.19. The summed E-state index contributed by atoms with van der Waals surface area (Å²) in [7, 11) is 1.84. The number of alkyl halides is 1. The SMILES string of the molecule is CN1CCCc2nc(CCCl)ccc2C1=O. The zero-order valence-corrected chi connectivity index (χ0v) is 10.1. The lowest BCUT2D eigenvalue weighted by Crippen LogP contribution is -2.26. The van der Waals surface area contributed by atoms with Gasteiger partial charge in [-0.05, 0) is 25.0 Å². The fourth-order valence-electron chi connectivity index (χ4n) is 1.96. The molecule has 0 aliphatic carbocycles. The minimum Gasteiger partial charge on any atom is -0.342 e. The molecule has 0 radical (unpaired) electrons. The van der Waals surface area contributed by atoms with Crippen molar-refractivity contribution < 1.29 is 4.79 Å². The predicted octanol–water partition coefficient (Wildman–Crippen LogP) is 1.88. The van der Waals surface area contributed by atoms with E-state index in [1.54, 1.807) is 4.90 Å². The third-order valence-corrected chi connectivity index (χ3v) is 3.06. The Morgan fingerprint density at radius 2 is 2.31 bits per heavy atom. The lowest BCUT2D eigenvalue weighted by molar-refractivity contribution is 0.0800. The van der Waals surface area contributed by atoms with Gasteiger partial charge in [-0.2, -0.15) is 0 Å². The van der Waals surface area contributed by atoms with Gasteiger partial charge in [-0.25, -0.2) is 0 Å². The van der Waals surface area contributed by atoms with Crippen molar-refractivity contribution in [2.45, 2.75) is 19.3 Å². The van der Waals surface area contributed by atoms with E-state index in [-0.39, 0.29) is 5.91 Å². The molecule has 1 amide bonds. The van der Waals surface area contributed by atoms with Crippen LogP contribution in [0.2, 0.25) is 0 Å². The first kappa shape index (κ1) is 11.4. The number of hydrogen-bond acceptors (Lipinski definition) is 2. The number of pyridine rings is 1. The topological polar surface area (TPSA) is 33.2 Å². The van der Waals surface area contributed by atoms with Gasteiger partial charge in [0.15, 0.2) is 0 Å². The van der Waals surface area contributed by atoms with Gasteiger partial charge in [0.05, 0.1) is 11.3 Å². The standard InChI is InChI=1S/C12H15ClN2O/c1-15-8-2-3-11-10(12(15)16)5-4-9(14-11)6-7-13/h4-5H,2-3,6-8H2,1H3. The molecule has 1 aromatic rings. The second-order valence-corrected chi connectivity index (χ2v) is 4.44. The number of amides is 1. The van der Waals surface area contributed by atoms with Crippen molar-refractivity contribution in [2.75, 3.05) is 19.5 Å². The molecule has 0 N–H and O–H groups in total. The molecule has 2 rings (SSSR count). The summed E-state index contributed by atoms with van der Waals surface area (Å²) in [4.78, 5) is 18.2. The minimum atomic E-state index is 0.0809. The highest BCUT2D eigenvalue weighted by atomic mass is 35.5. The van der Waals surface area contributed by atoms with Crippen LogP contribution in [0, 0.1) is 0 Å². The second-order valence-electron chi connectivity index (χ2n) is 4.07. The lowest BCUT2D eigenvalue weighted by Gasteiger charge is -2.13. The van der Waals surface area contributed by atoms with Gasteiger partial charge >= 0.3 is 0 Å². The molecule has 1 aromatic heterocycles. The Balaban J connectivity index is 2.35. The first-order chi connectivity index (χ1) is 7.72. The van der Waals surface area contributed by atoms with E-state index in [1.165, 1.54) is 0 Å². The predicted molar refractivity (Wildman–Crippen MR) is 63.9 cm³/mol.